The average Bonchev–Trinajstić information content (AvgIpc) is 2.76. The molecule has 2 rings (SSSR count). The number of hydrogen-bond donors (Lipinski definition) is 1. The monoisotopic (exact) mass is 245 g/mol. The van der Waals surface area contributed by atoms with E-state index in [4.69, 9.17) is 0 Å². The van der Waals surface area contributed by atoms with Crippen LogP contribution in [-0.4, -0.2) is 12.1 Å². The van der Waals surface area contributed by atoms with Crippen LogP contribution in [0.15, 0.2) is 12.1 Å². The molecule has 0 aromatic heterocycles. The second kappa shape index (κ2) is 5.88. The lowest BCUT2D eigenvalue weighted by molar-refractivity contribution is 0.447. The predicted molar refractivity (Wildman–Crippen MR) is 79.2 cm³/mol. The molecule has 1 aliphatic rings. The summed E-state index contributed by atoms with van der Waals surface area (Å²) in [6.07, 6.45) is 6.72. The number of hydrogen-bond acceptors (Lipinski definition) is 1. The molecule has 18 heavy (non-hydrogen) atoms. The van der Waals surface area contributed by atoms with Crippen LogP contribution in [0.5, 0.6) is 0 Å². The Labute approximate surface area is 112 Å². The molecule has 1 fully saturated rings. The first-order chi connectivity index (χ1) is 8.56. The highest BCUT2D eigenvalue weighted by Gasteiger charge is 2.17. The van der Waals surface area contributed by atoms with Crippen molar-refractivity contribution in [2.75, 3.05) is 0 Å². The van der Waals surface area contributed by atoms with Crippen LogP contribution in [0.25, 0.3) is 0 Å². The fraction of sp³-hybridized carbons (Fsp3) is 0.647. The van der Waals surface area contributed by atoms with E-state index in [9.17, 15) is 0 Å². The van der Waals surface area contributed by atoms with Gasteiger partial charge in [-0.2, -0.15) is 0 Å². The zero-order valence-corrected chi connectivity index (χ0v) is 12.3. The van der Waals surface area contributed by atoms with Crippen LogP contribution in [-0.2, 0) is 6.42 Å². The van der Waals surface area contributed by atoms with Crippen LogP contribution in [0.1, 0.15) is 54.9 Å². The molecule has 0 spiro atoms. The van der Waals surface area contributed by atoms with Crippen molar-refractivity contribution in [3.8, 4) is 0 Å². The maximum Gasteiger partial charge on any atom is 0.00819 e. The summed E-state index contributed by atoms with van der Waals surface area (Å²) in [4.78, 5) is 0. The largest absolute Gasteiger partial charge is 0.311 e. The van der Waals surface area contributed by atoms with Crippen molar-refractivity contribution in [3.63, 3.8) is 0 Å². The first-order valence-corrected chi connectivity index (χ1v) is 7.39. The topological polar surface area (TPSA) is 12.0 Å². The number of aryl methyl sites for hydroxylation is 3. The van der Waals surface area contributed by atoms with Gasteiger partial charge in [-0.15, -0.1) is 0 Å². The fourth-order valence-electron chi connectivity index (χ4n) is 3.39. The maximum atomic E-state index is 3.80. The minimum absolute atomic E-state index is 0.591. The molecule has 1 aromatic carbocycles. The number of benzene rings is 1. The predicted octanol–water partition coefficient (Wildman–Crippen LogP) is 4.08. The van der Waals surface area contributed by atoms with Crippen molar-refractivity contribution in [3.05, 3.63) is 34.4 Å². The molecule has 1 unspecified atom stereocenters. The van der Waals surface area contributed by atoms with Crippen LogP contribution >= 0.6 is 0 Å². The molecular formula is C17H27N. The van der Waals surface area contributed by atoms with Crippen LogP contribution in [0, 0.1) is 20.8 Å². The molecule has 0 saturated heterocycles. The van der Waals surface area contributed by atoms with E-state index in [1.165, 1.54) is 42.4 Å². The van der Waals surface area contributed by atoms with Gasteiger partial charge in [0, 0.05) is 12.1 Å². The first-order valence-electron chi connectivity index (χ1n) is 7.39. The first kappa shape index (κ1) is 13.6. The van der Waals surface area contributed by atoms with Gasteiger partial charge >= 0.3 is 0 Å². The lowest BCUT2D eigenvalue weighted by Crippen LogP contribution is -2.36. The third-order valence-electron chi connectivity index (χ3n) is 4.23. The summed E-state index contributed by atoms with van der Waals surface area (Å²) in [7, 11) is 0. The van der Waals surface area contributed by atoms with Crippen molar-refractivity contribution in [1.29, 1.82) is 0 Å². The lowest BCUT2D eigenvalue weighted by atomic mass is 9.94. The molecule has 100 valence electrons. The van der Waals surface area contributed by atoms with E-state index in [-0.39, 0.29) is 0 Å². The quantitative estimate of drug-likeness (QED) is 0.843. The Morgan fingerprint density at radius 2 is 1.67 bits per heavy atom. The molecule has 1 atom stereocenters. The van der Waals surface area contributed by atoms with Gasteiger partial charge in [0.1, 0.15) is 0 Å². The van der Waals surface area contributed by atoms with Crippen LogP contribution in [0.3, 0.4) is 0 Å². The Balaban J connectivity index is 1.99. The van der Waals surface area contributed by atoms with Gasteiger partial charge in [0.25, 0.3) is 0 Å². The molecule has 1 N–H and O–H groups in total. The van der Waals surface area contributed by atoms with E-state index in [0.717, 1.165) is 12.5 Å². The highest BCUT2D eigenvalue weighted by Crippen LogP contribution is 2.21. The summed E-state index contributed by atoms with van der Waals surface area (Å²) >= 11 is 0. The van der Waals surface area contributed by atoms with Crippen molar-refractivity contribution in [2.45, 2.75) is 71.9 Å². The minimum Gasteiger partial charge on any atom is -0.311 e. The lowest BCUT2D eigenvalue weighted by Gasteiger charge is -2.21. The summed E-state index contributed by atoms with van der Waals surface area (Å²) in [5.41, 5.74) is 5.82. The van der Waals surface area contributed by atoms with Crippen LogP contribution in [0.4, 0.5) is 0 Å². The van der Waals surface area contributed by atoms with Gasteiger partial charge in [-0.1, -0.05) is 30.5 Å². The van der Waals surface area contributed by atoms with Crippen LogP contribution in [0.2, 0.25) is 0 Å². The highest BCUT2D eigenvalue weighted by atomic mass is 14.9. The maximum absolute atomic E-state index is 3.80. The van der Waals surface area contributed by atoms with Crippen molar-refractivity contribution in [1.82, 2.24) is 5.32 Å². The Hall–Kier alpha value is -0.820. The van der Waals surface area contributed by atoms with Crippen molar-refractivity contribution < 1.29 is 0 Å². The Kier molecular flexibility index (Phi) is 4.45. The second-order valence-electron chi connectivity index (χ2n) is 6.13. The normalized spacial score (nSPS) is 18.2. The summed E-state index contributed by atoms with van der Waals surface area (Å²) in [5.74, 6) is 0. The zero-order chi connectivity index (χ0) is 13.1. The number of rotatable bonds is 4. The summed E-state index contributed by atoms with van der Waals surface area (Å²) in [6.45, 7) is 9.01. The molecule has 0 amide bonds. The van der Waals surface area contributed by atoms with Gasteiger partial charge in [-0.05, 0) is 63.6 Å². The smallest absolute Gasteiger partial charge is 0.00819 e. The molecule has 0 heterocycles. The van der Waals surface area contributed by atoms with Gasteiger partial charge in [0.15, 0.2) is 0 Å². The standard InChI is InChI=1S/C17H27N/c1-12-9-13(2)17(14(3)10-12)11-15(4)18-16-7-5-6-8-16/h9-10,15-16,18H,5-8,11H2,1-4H3. The molecule has 1 saturated carbocycles. The third kappa shape index (κ3) is 3.35. The Morgan fingerprint density at radius 1 is 1.11 bits per heavy atom. The fourth-order valence-corrected chi connectivity index (χ4v) is 3.39. The molecule has 0 aliphatic heterocycles. The van der Waals surface area contributed by atoms with Gasteiger partial charge in [0.2, 0.25) is 0 Å². The SMILES string of the molecule is Cc1cc(C)c(CC(C)NC2CCCC2)c(C)c1. The van der Waals surface area contributed by atoms with E-state index in [2.05, 4.69) is 45.1 Å². The summed E-state index contributed by atoms with van der Waals surface area (Å²) in [6, 6.07) is 5.98. The van der Waals surface area contributed by atoms with Crippen molar-refractivity contribution in [2.24, 2.45) is 0 Å². The zero-order valence-electron chi connectivity index (χ0n) is 12.3. The third-order valence-corrected chi connectivity index (χ3v) is 4.23. The van der Waals surface area contributed by atoms with E-state index in [1.54, 1.807) is 5.56 Å². The minimum atomic E-state index is 0.591. The van der Waals surface area contributed by atoms with Gasteiger partial charge < -0.3 is 5.32 Å². The van der Waals surface area contributed by atoms with Crippen molar-refractivity contribution >= 4 is 0 Å². The number of nitrogens with one attached hydrogen (secondary N) is 1. The van der Waals surface area contributed by atoms with E-state index in [0.29, 0.717) is 6.04 Å². The summed E-state index contributed by atoms with van der Waals surface area (Å²) < 4.78 is 0. The van der Waals surface area contributed by atoms with E-state index < -0.39 is 0 Å². The van der Waals surface area contributed by atoms with E-state index in [1.807, 2.05) is 0 Å². The average molecular weight is 245 g/mol. The molecular weight excluding hydrogens is 218 g/mol. The van der Waals surface area contributed by atoms with Gasteiger partial charge in [-0.3, -0.25) is 0 Å². The molecule has 1 aliphatic carbocycles. The molecule has 0 radical (unpaired) electrons. The molecule has 1 aromatic rings. The highest BCUT2D eigenvalue weighted by molar-refractivity contribution is 5.37. The van der Waals surface area contributed by atoms with Gasteiger partial charge in [-0.25, -0.2) is 0 Å². The summed E-state index contributed by atoms with van der Waals surface area (Å²) in [5, 5.41) is 3.80. The second-order valence-corrected chi connectivity index (χ2v) is 6.13. The Morgan fingerprint density at radius 3 is 2.22 bits per heavy atom. The van der Waals surface area contributed by atoms with E-state index >= 15 is 0 Å². The molecule has 1 nitrogen and oxygen atoms in total. The Bertz CT molecular complexity index is 379. The van der Waals surface area contributed by atoms with Crippen LogP contribution < -0.4 is 5.32 Å². The van der Waals surface area contributed by atoms with Gasteiger partial charge in [0.05, 0.1) is 0 Å². The molecule has 0 bridgehead atoms. The molecule has 1 heteroatoms.